The number of amides is 2. The zero-order chi connectivity index (χ0) is 25.9. The first-order valence-electron chi connectivity index (χ1n) is 13.6. The number of thiophene rings is 1. The van der Waals surface area contributed by atoms with Crippen LogP contribution in [0.4, 0.5) is 0 Å². The number of nitrogens with zero attached hydrogens (tertiary/aromatic N) is 3. The number of hydrogen-bond donors (Lipinski definition) is 0. The van der Waals surface area contributed by atoms with Crippen LogP contribution in [0.2, 0.25) is 0 Å². The van der Waals surface area contributed by atoms with Gasteiger partial charge in [0.25, 0.3) is 5.91 Å². The molecule has 2 aliphatic heterocycles. The Hall–Kier alpha value is -3.48. The van der Waals surface area contributed by atoms with Crippen LogP contribution in [0, 0.1) is 0 Å². The van der Waals surface area contributed by atoms with E-state index in [-0.39, 0.29) is 17.9 Å². The van der Waals surface area contributed by atoms with Crippen molar-refractivity contribution in [3.8, 4) is 0 Å². The lowest BCUT2D eigenvalue weighted by Gasteiger charge is -2.36. The maximum Gasteiger partial charge on any atom is 0.253 e. The van der Waals surface area contributed by atoms with Crippen LogP contribution in [-0.4, -0.2) is 65.8 Å². The molecule has 3 aromatic carbocycles. The molecule has 2 amide bonds. The van der Waals surface area contributed by atoms with Gasteiger partial charge in [-0.3, -0.25) is 14.5 Å². The van der Waals surface area contributed by atoms with Crippen molar-refractivity contribution in [2.24, 2.45) is 0 Å². The summed E-state index contributed by atoms with van der Waals surface area (Å²) in [6.45, 7) is 4.26. The van der Waals surface area contributed by atoms with Crippen LogP contribution < -0.4 is 0 Å². The molecule has 194 valence electrons. The highest BCUT2D eigenvalue weighted by Crippen LogP contribution is 2.37. The fourth-order valence-corrected chi connectivity index (χ4v) is 6.81. The van der Waals surface area contributed by atoms with Crippen LogP contribution in [0.3, 0.4) is 0 Å². The number of carbonyl (C=O) groups is 2. The molecule has 0 saturated carbocycles. The first-order valence-corrected chi connectivity index (χ1v) is 14.5. The minimum absolute atomic E-state index is 0.0515. The number of fused-ring (bicyclic) bond motifs is 2. The van der Waals surface area contributed by atoms with Crippen LogP contribution >= 0.6 is 11.3 Å². The van der Waals surface area contributed by atoms with Gasteiger partial charge in [-0.1, -0.05) is 60.7 Å². The van der Waals surface area contributed by atoms with Crippen molar-refractivity contribution in [3.63, 3.8) is 0 Å². The van der Waals surface area contributed by atoms with Crippen LogP contribution in [0.15, 0.2) is 84.2 Å². The fraction of sp³-hybridized carbons (Fsp3) is 0.312. The van der Waals surface area contributed by atoms with E-state index in [0.29, 0.717) is 38.2 Å². The Morgan fingerprint density at radius 3 is 2.42 bits per heavy atom. The van der Waals surface area contributed by atoms with Crippen molar-refractivity contribution < 1.29 is 9.59 Å². The van der Waals surface area contributed by atoms with E-state index in [9.17, 15) is 9.59 Å². The molecule has 38 heavy (non-hydrogen) atoms. The van der Waals surface area contributed by atoms with Gasteiger partial charge in [0.1, 0.15) is 0 Å². The van der Waals surface area contributed by atoms with Crippen molar-refractivity contribution in [1.82, 2.24) is 14.7 Å². The maximum atomic E-state index is 13.3. The van der Waals surface area contributed by atoms with Gasteiger partial charge >= 0.3 is 0 Å². The number of carbonyl (C=O) groups excluding carboxylic acids is 2. The molecule has 1 unspecified atom stereocenters. The first-order chi connectivity index (χ1) is 18.7. The summed E-state index contributed by atoms with van der Waals surface area (Å²) in [6, 6.07) is 27.1. The Kier molecular flexibility index (Phi) is 7.25. The largest absolute Gasteiger partial charge is 0.341 e. The molecule has 3 heterocycles. The molecule has 0 spiro atoms. The van der Waals surface area contributed by atoms with E-state index in [0.717, 1.165) is 36.7 Å². The summed E-state index contributed by atoms with van der Waals surface area (Å²) in [7, 11) is 0. The summed E-state index contributed by atoms with van der Waals surface area (Å²) in [4.78, 5) is 34.4. The lowest BCUT2D eigenvalue weighted by Crippen LogP contribution is -2.40. The quantitative estimate of drug-likeness (QED) is 0.341. The van der Waals surface area contributed by atoms with Crippen molar-refractivity contribution in [2.45, 2.75) is 25.3 Å². The molecule has 5 nitrogen and oxygen atoms in total. The smallest absolute Gasteiger partial charge is 0.253 e. The van der Waals surface area contributed by atoms with E-state index in [1.807, 2.05) is 57.5 Å². The normalized spacial score (nSPS) is 18.3. The molecule has 1 saturated heterocycles. The standard InChI is InChI=1S/C32H33N3O2S/c36-30(14-19-34-18-13-29-28(15-22-38-29)31(34)25-8-2-1-3-9-25)33-16-6-17-35(21-20-33)32(37)27-12-11-24-7-4-5-10-26(24)23-27/h1-5,7-12,15,22-23,31H,6,13-14,16-21H2. The highest BCUT2D eigenvalue weighted by molar-refractivity contribution is 7.10. The van der Waals surface area contributed by atoms with E-state index >= 15 is 0 Å². The third-order valence-electron chi connectivity index (χ3n) is 7.93. The van der Waals surface area contributed by atoms with Crippen molar-refractivity contribution in [1.29, 1.82) is 0 Å². The molecule has 0 radical (unpaired) electrons. The van der Waals surface area contributed by atoms with Crippen LogP contribution in [0.25, 0.3) is 10.8 Å². The minimum Gasteiger partial charge on any atom is -0.341 e. The molecule has 0 bridgehead atoms. The Morgan fingerprint density at radius 1 is 0.789 bits per heavy atom. The summed E-state index contributed by atoms with van der Waals surface area (Å²) in [5.74, 6) is 0.239. The average molecular weight is 524 g/mol. The predicted octanol–water partition coefficient (Wildman–Crippen LogP) is 5.61. The third-order valence-corrected chi connectivity index (χ3v) is 8.92. The van der Waals surface area contributed by atoms with E-state index in [1.54, 1.807) is 0 Å². The Bertz CT molecular complexity index is 1430. The van der Waals surface area contributed by atoms with E-state index in [1.165, 1.54) is 16.0 Å². The highest BCUT2D eigenvalue weighted by Gasteiger charge is 2.30. The van der Waals surface area contributed by atoms with Gasteiger partial charge in [-0.2, -0.15) is 0 Å². The topological polar surface area (TPSA) is 43.9 Å². The highest BCUT2D eigenvalue weighted by atomic mass is 32.1. The second-order valence-corrected chi connectivity index (χ2v) is 11.2. The van der Waals surface area contributed by atoms with Crippen LogP contribution in [0.5, 0.6) is 0 Å². The number of hydrogen-bond acceptors (Lipinski definition) is 4. The van der Waals surface area contributed by atoms with Crippen molar-refractivity contribution in [2.75, 3.05) is 39.3 Å². The zero-order valence-corrected chi connectivity index (χ0v) is 22.4. The Morgan fingerprint density at radius 2 is 1.55 bits per heavy atom. The lowest BCUT2D eigenvalue weighted by atomic mass is 9.93. The second kappa shape index (κ2) is 11.1. The molecular weight excluding hydrogens is 490 g/mol. The van der Waals surface area contributed by atoms with Crippen molar-refractivity contribution >= 4 is 33.9 Å². The summed E-state index contributed by atoms with van der Waals surface area (Å²) in [5, 5.41) is 4.40. The predicted molar refractivity (Wildman–Crippen MR) is 154 cm³/mol. The average Bonchev–Trinajstić information content (AvgIpc) is 3.31. The second-order valence-electron chi connectivity index (χ2n) is 10.2. The van der Waals surface area contributed by atoms with Gasteiger partial charge < -0.3 is 9.80 Å². The monoisotopic (exact) mass is 523 g/mol. The molecular formula is C32H33N3O2S. The molecule has 0 aliphatic carbocycles. The fourth-order valence-electron chi connectivity index (χ4n) is 5.91. The Balaban J connectivity index is 1.08. The summed E-state index contributed by atoms with van der Waals surface area (Å²) < 4.78 is 0. The van der Waals surface area contributed by atoms with E-state index in [4.69, 9.17) is 0 Å². The summed E-state index contributed by atoms with van der Waals surface area (Å²) in [6.07, 6.45) is 2.35. The maximum absolute atomic E-state index is 13.3. The summed E-state index contributed by atoms with van der Waals surface area (Å²) in [5.41, 5.74) is 3.39. The molecule has 2 aliphatic rings. The lowest BCUT2D eigenvalue weighted by molar-refractivity contribution is -0.131. The molecule has 1 aromatic heterocycles. The van der Waals surface area contributed by atoms with Gasteiger partial charge in [-0.05, 0) is 58.3 Å². The van der Waals surface area contributed by atoms with E-state index in [2.05, 4.69) is 52.7 Å². The van der Waals surface area contributed by atoms with Gasteiger partial charge in [0, 0.05) is 56.1 Å². The van der Waals surface area contributed by atoms with E-state index < -0.39 is 0 Å². The third kappa shape index (κ3) is 5.11. The molecule has 0 N–H and O–H groups in total. The van der Waals surface area contributed by atoms with Crippen LogP contribution in [0.1, 0.15) is 45.2 Å². The molecule has 6 heteroatoms. The van der Waals surface area contributed by atoms with Crippen LogP contribution in [-0.2, 0) is 11.2 Å². The molecule has 1 atom stereocenters. The summed E-state index contributed by atoms with van der Waals surface area (Å²) >= 11 is 1.84. The van der Waals surface area contributed by atoms with Gasteiger partial charge in [-0.15, -0.1) is 11.3 Å². The first kappa shape index (κ1) is 24.8. The molecule has 1 fully saturated rings. The SMILES string of the molecule is O=C(CCN1CCc2sccc2C1c1ccccc1)N1CCCN(C(=O)c2ccc3ccccc3c2)CC1. The Labute approximate surface area is 228 Å². The number of rotatable bonds is 5. The molecule has 4 aromatic rings. The van der Waals surface area contributed by atoms with Gasteiger partial charge in [-0.25, -0.2) is 0 Å². The number of benzene rings is 3. The molecule has 6 rings (SSSR count). The van der Waals surface area contributed by atoms with Crippen molar-refractivity contribution in [3.05, 3.63) is 106 Å². The van der Waals surface area contributed by atoms with Gasteiger partial charge in [0.05, 0.1) is 6.04 Å². The minimum atomic E-state index is 0.0515. The zero-order valence-electron chi connectivity index (χ0n) is 21.6. The van der Waals surface area contributed by atoms with Gasteiger partial charge in [0.15, 0.2) is 0 Å². The van der Waals surface area contributed by atoms with Gasteiger partial charge in [0.2, 0.25) is 5.91 Å².